The normalized spacial score (nSPS) is 22.4. The van der Waals surface area contributed by atoms with Crippen molar-refractivity contribution in [3.8, 4) is 0 Å². The summed E-state index contributed by atoms with van der Waals surface area (Å²) in [5, 5.41) is 1.52. The SMILES string of the molecule is CCCON1C(=O)CC(C(=O)OC)C12CCN(CCc1ccccc1)CC2. The number of ether oxygens (including phenoxy) is 1. The minimum absolute atomic E-state index is 0.100. The average Bonchev–Trinajstić information content (AvgIpc) is 2.97. The van der Waals surface area contributed by atoms with Crippen LogP contribution in [-0.4, -0.2) is 60.7 Å². The maximum atomic E-state index is 12.6. The Kier molecular flexibility index (Phi) is 6.50. The first-order chi connectivity index (χ1) is 13.1. The van der Waals surface area contributed by atoms with Crippen molar-refractivity contribution >= 4 is 11.9 Å². The summed E-state index contributed by atoms with van der Waals surface area (Å²) in [6, 6.07) is 10.5. The van der Waals surface area contributed by atoms with Gasteiger partial charge in [-0.1, -0.05) is 37.3 Å². The smallest absolute Gasteiger partial charge is 0.311 e. The number of hydrogen-bond donors (Lipinski definition) is 0. The van der Waals surface area contributed by atoms with Crippen molar-refractivity contribution in [2.24, 2.45) is 5.92 Å². The first kappa shape index (κ1) is 19.8. The Balaban J connectivity index is 1.67. The minimum Gasteiger partial charge on any atom is -0.469 e. The predicted molar refractivity (Wildman–Crippen MR) is 102 cm³/mol. The summed E-state index contributed by atoms with van der Waals surface area (Å²) in [6.07, 6.45) is 3.48. The number of hydroxylamine groups is 2. The van der Waals surface area contributed by atoms with Gasteiger partial charge >= 0.3 is 5.97 Å². The summed E-state index contributed by atoms with van der Waals surface area (Å²) >= 11 is 0. The molecule has 0 N–H and O–H groups in total. The molecule has 3 rings (SSSR count). The fourth-order valence-corrected chi connectivity index (χ4v) is 4.31. The van der Waals surface area contributed by atoms with Gasteiger partial charge in [0, 0.05) is 26.1 Å². The molecule has 148 valence electrons. The second-order valence-corrected chi connectivity index (χ2v) is 7.48. The molecule has 2 fully saturated rings. The molecule has 2 saturated heterocycles. The summed E-state index contributed by atoms with van der Waals surface area (Å²) in [7, 11) is 1.39. The largest absolute Gasteiger partial charge is 0.469 e. The van der Waals surface area contributed by atoms with E-state index in [9.17, 15) is 9.59 Å². The van der Waals surface area contributed by atoms with Gasteiger partial charge in [-0.15, -0.1) is 0 Å². The quantitative estimate of drug-likeness (QED) is 0.686. The molecule has 2 heterocycles. The first-order valence-electron chi connectivity index (χ1n) is 9.91. The predicted octanol–water partition coefficient (Wildman–Crippen LogP) is 2.43. The lowest BCUT2D eigenvalue weighted by atomic mass is 9.77. The number of piperidine rings is 1. The van der Waals surface area contributed by atoms with E-state index < -0.39 is 11.5 Å². The van der Waals surface area contributed by atoms with Gasteiger partial charge in [-0.25, -0.2) is 5.06 Å². The van der Waals surface area contributed by atoms with Crippen LogP contribution in [0.1, 0.15) is 38.2 Å². The van der Waals surface area contributed by atoms with Crippen LogP contribution in [0.25, 0.3) is 0 Å². The van der Waals surface area contributed by atoms with Crippen LogP contribution in [0.15, 0.2) is 30.3 Å². The van der Waals surface area contributed by atoms with Crippen LogP contribution in [0.2, 0.25) is 0 Å². The number of carbonyl (C=O) groups is 2. The van der Waals surface area contributed by atoms with Crippen molar-refractivity contribution in [1.82, 2.24) is 9.96 Å². The molecule has 6 nitrogen and oxygen atoms in total. The zero-order valence-corrected chi connectivity index (χ0v) is 16.4. The highest BCUT2D eigenvalue weighted by atomic mass is 16.7. The van der Waals surface area contributed by atoms with Crippen molar-refractivity contribution < 1.29 is 19.2 Å². The van der Waals surface area contributed by atoms with Crippen LogP contribution in [-0.2, 0) is 25.6 Å². The number of carbonyl (C=O) groups excluding carboxylic acids is 2. The number of methoxy groups -OCH3 is 1. The molecule has 1 aromatic carbocycles. The molecule has 0 saturated carbocycles. The number of esters is 1. The molecule has 0 aromatic heterocycles. The lowest BCUT2D eigenvalue weighted by Gasteiger charge is -2.45. The molecular formula is C21H30N2O4. The van der Waals surface area contributed by atoms with E-state index in [2.05, 4.69) is 29.2 Å². The van der Waals surface area contributed by atoms with Crippen molar-refractivity contribution in [2.75, 3.05) is 33.4 Å². The fraction of sp³-hybridized carbons (Fsp3) is 0.619. The van der Waals surface area contributed by atoms with Gasteiger partial charge in [0.2, 0.25) is 5.91 Å². The third-order valence-corrected chi connectivity index (χ3v) is 5.85. The van der Waals surface area contributed by atoms with Crippen LogP contribution in [0.5, 0.6) is 0 Å². The van der Waals surface area contributed by atoms with Gasteiger partial charge in [-0.2, -0.15) is 0 Å². The summed E-state index contributed by atoms with van der Waals surface area (Å²) in [6.45, 7) is 5.17. The molecule has 2 aliphatic rings. The fourth-order valence-electron chi connectivity index (χ4n) is 4.31. The van der Waals surface area contributed by atoms with E-state index >= 15 is 0 Å². The lowest BCUT2D eigenvalue weighted by molar-refractivity contribution is -0.223. The Morgan fingerprint density at radius 1 is 1.22 bits per heavy atom. The summed E-state index contributed by atoms with van der Waals surface area (Å²) < 4.78 is 5.01. The minimum atomic E-state index is -0.567. The molecule has 1 aromatic rings. The number of likely N-dealkylation sites (tertiary alicyclic amines) is 1. The van der Waals surface area contributed by atoms with Crippen LogP contribution < -0.4 is 0 Å². The van der Waals surface area contributed by atoms with Gasteiger partial charge in [-0.3, -0.25) is 14.4 Å². The van der Waals surface area contributed by atoms with E-state index in [0.717, 1.165) is 45.3 Å². The van der Waals surface area contributed by atoms with E-state index in [1.54, 1.807) is 0 Å². The lowest BCUT2D eigenvalue weighted by Crippen LogP contribution is -2.57. The maximum Gasteiger partial charge on any atom is 0.311 e. The van der Waals surface area contributed by atoms with Gasteiger partial charge < -0.3 is 9.64 Å². The molecule has 0 radical (unpaired) electrons. The number of hydrogen-bond acceptors (Lipinski definition) is 5. The van der Waals surface area contributed by atoms with E-state index in [4.69, 9.17) is 9.57 Å². The Hall–Kier alpha value is -1.92. The van der Waals surface area contributed by atoms with Crippen molar-refractivity contribution in [1.29, 1.82) is 0 Å². The van der Waals surface area contributed by atoms with Crippen molar-refractivity contribution in [2.45, 2.75) is 44.6 Å². The maximum absolute atomic E-state index is 12.6. The van der Waals surface area contributed by atoms with Gasteiger partial charge in [0.1, 0.15) is 0 Å². The van der Waals surface area contributed by atoms with Gasteiger partial charge in [-0.05, 0) is 31.2 Å². The highest BCUT2D eigenvalue weighted by molar-refractivity contribution is 5.88. The molecule has 1 spiro atoms. The monoisotopic (exact) mass is 374 g/mol. The van der Waals surface area contributed by atoms with Crippen molar-refractivity contribution in [3.05, 3.63) is 35.9 Å². The third-order valence-electron chi connectivity index (χ3n) is 5.85. The molecule has 0 aliphatic carbocycles. The first-order valence-corrected chi connectivity index (χ1v) is 9.91. The van der Waals surface area contributed by atoms with E-state index in [-0.39, 0.29) is 18.3 Å². The van der Waals surface area contributed by atoms with Crippen LogP contribution >= 0.6 is 0 Å². The second-order valence-electron chi connectivity index (χ2n) is 7.48. The molecular weight excluding hydrogens is 344 g/mol. The Morgan fingerprint density at radius 2 is 1.93 bits per heavy atom. The van der Waals surface area contributed by atoms with E-state index in [1.165, 1.54) is 17.7 Å². The molecule has 27 heavy (non-hydrogen) atoms. The highest BCUT2D eigenvalue weighted by Gasteiger charge is 2.58. The molecule has 0 bridgehead atoms. The zero-order chi connectivity index (χ0) is 19.3. The third kappa shape index (κ3) is 4.17. The molecule has 1 atom stereocenters. The standard InChI is InChI=1S/C21H30N2O4/c1-3-15-27-23-19(24)16-18(20(25)26-2)21(23)10-13-22(14-11-21)12-9-17-7-5-4-6-8-17/h4-8,18H,3,9-16H2,1-2H3. The Morgan fingerprint density at radius 3 is 2.56 bits per heavy atom. The topological polar surface area (TPSA) is 59.1 Å². The second kappa shape index (κ2) is 8.85. The summed E-state index contributed by atoms with van der Waals surface area (Å²) in [4.78, 5) is 33.1. The van der Waals surface area contributed by atoms with Crippen LogP contribution in [0.4, 0.5) is 0 Å². The average molecular weight is 374 g/mol. The summed E-state index contributed by atoms with van der Waals surface area (Å²) in [5.41, 5.74) is 0.761. The van der Waals surface area contributed by atoms with Crippen molar-refractivity contribution in [3.63, 3.8) is 0 Å². The molecule has 1 amide bonds. The van der Waals surface area contributed by atoms with E-state index in [1.807, 2.05) is 13.0 Å². The van der Waals surface area contributed by atoms with E-state index in [0.29, 0.717) is 6.61 Å². The number of benzene rings is 1. The number of rotatable bonds is 7. The van der Waals surface area contributed by atoms with Crippen LogP contribution in [0, 0.1) is 5.92 Å². The number of amides is 1. The number of nitrogens with zero attached hydrogens (tertiary/aromatic N) is 2. The summed E-state index contributed by atoms with van der Waals surface area (Å²) in [5.74, 6) is -0.844. The molecule has 2 aliphatic heterocycles. The Labute approximate surface area is 161 Å². The molecule has 1 unspecified atom stereocenters. The zero-order valence-electron chi connectivity index (χ0n) is 16.4. The van der Waals surface area contributed by atoms with Gasteiger partial charge in [0.25, 0.3) is 0 Å². The van der Waals surface area contributed by atoms with Gasteiger partial charge in [0.15, 0.2) is 0 Å². The highest BCUT2D eigenvalue weighted by Crippen LogP contribution is 2.44. The van der Waals surface area contributed by atoms with Gasteiger partial charge in [0.05, 0.1) is 25.2 Å². The Bertz CT molecular complexity index is 641. The van der Waals surface area contributed by atoms with Crippen LogP contribution in [0.3, 0.4) is 0 Å². The molecule has 6 heteroatoms.